The first kappa shape index (κ1) is 14.2. The highest BCUT2D eigenvalue weighted by atomic mass is 32.2. The van der Waals surface area contributed by atoms with Gasteiger partial charge in [-0.3, -0.25) is 4.79 Å². The molecule has 1 aliphatic rings. The number of hydrogen-bond donors (Lipinski definition) is 2. The fourth-order valence-corrected chi connectivity index (χ4v) is 3.56. The van der Waals surface area contributed by atoms with Crippen LogP contribution in [0.5, 0.6) is 0 Å². The number of benzene rings is 1. The lowest BCUT2D eigenvalue weighted by Gasteiger charge is -2.40. The van der Waals surface area contributed by atoms with Gasteiger partial charge in [0.25, 0.3) is 0 Å². The molecule has 0 unspecified atom stereocenters. The molecule has 0 spiro atoms. The number of sulfonamides is 1. The molecule has 1 aromatic carbocycles. The minimum absolute atomic E-state index is 0.109. The SMILES string of the molecule is CC(=O)c1ccc(S(=O)(=O)NC2(CO)CCC2)cc1. The highest BCUT2D eigenvalue weighted by Crippen LogP contribution is 2.32. The minimum atomic E-state index is -3.65. The number of aliphatic hydroxyl groups is 1. The Labute approximate surface area is 112 Å². The van der Waals surface area contributed by atoms with Gasteiger partial charge in [0.2, 0.25) is 10.0 Å². The predicted molar refractivity (Wildman–Crippen MR) is 70.4 cm³/mol. The van der Waals surface area contributed by atoms with E-state index in [0.29, 0.717) is 18.4 Å². The van der Waals surface area contributed by atoms with E-state index in [1.54, 1.807) is 0 Å². The zero-order valence-electron chi connectivity index (χ0n) is 10.7. The molecule has 1 aromatic rings. The van der Waals surface area contributed by atoms with Gasteiger partial charge >= 0.3 is 0 Å². The number of Topliss-reactive ketones (excluding diaryl/α,β-unsaturated/α-hetero) is 1. The molecule has 19 heavy (non-hydrogen) atoms. The van der Waals surface area contributed by atoms with E-state index in [1.807, 2.05) is 0 Å². The van der Waals surface area contributed by atoms with Gasteiger partial charge < -0.3 is 5.11 Å². The van der Waals surface area contributed by atoms with Crippen molar-refractivity contribution in [3.8, 4) is 0 Å². The molecule has 1 saturated carbocycles. The van der Waals surface area contributed by atoms with Gasteiger partial charge in [0.1, 0.15) is 0 Å². The van der Waals surface area contributed by atoms with E-state index in [0.717, 1.165) is 6.42 Å². The third-order valence-corrected chi connectivity index (χ3v) is 5.13. The maximum absolute atomic E-state index is 12.2. The molecule has 0 heterocycles. The van der Waals surface area contributed by atoms with E-state index in [9.17, 15) is 18.3 Å². The average molecular weight is 283 g/mol. The van der Waals surface area contributed by atoms with E-state index in [1.165, 1.54) is 31.2 Å². The van der Waals surface area contributed by atoms with Gasteiger partial charge in [-0.05, 0) is 38.3 Å². The second-order valence-corrected chi connectivity index (χ2v) is 6.66. The maximum atomic E-state index is 12.2. The van der Waals surface area contributed by atoms with Crippen LogP contribution in [0.2, 0.25) is 0 Å². The van der Waals surface area contributed by atoms with Gasteiger partial charge in [0, 0.05) is 5.56 Å². The molecular weight excluding hydrogens is 266 g/mol. The van der Waals surface area contributed by atoms with Crippen LogP contribution in [0.15, 0.2) is 29.2 Å². The van der Waals surface area contributed by atoms with Crippen molar-refractivity contribution >= 4 is 15.8 Å². The molecule has 0 aromatic heterocycles. The van der Waals surface area contributed by atoms with Crippen molar-refractivity contribution in [1.29, 1.82) is 0 Å². The molecule has 0 atom stereocenters. The lowest BCUT2D eigenvalue weighted by atomic mass is 9.78. The fourth-order valence-electron chi connectivity index (χ4n) is 2.11. The fraction of sp³-hybridized carbons (Fsp3) is 0.462. The molecule has 6 heteroatoms. The Kier molecular flexibility index (Phi) is 3.75. The number of hydrogen-bond acceptors (Lipinski definition) is 4. The van der Waals surface area contributed by atoms with E-state index in [2.05, 4.69) is 4.72 Å². The van der Waals surface area contributed by atoms with Crippen LogP contribution in [0.4, 0.5) is 0 Å². The van der Waals surface area contributed by atoms with Crippen LogP contribution in [0.3, 0.4) is 0 Å². The van der Waals surface area contributed by atoms with E-state index in [4.69, 9.17) is 0 Å². The highest BCUT2D eigenvalue weighted by Gasteiger charge is 2.40. The monoisotopic (exact) mass is 283 g/mol. The topological polar surface area (TPSA) is 83.5 Å². The van der Waals surface area contributed by atoms with Crippen molar-refractivity contribution in [1.82, 2.24) is 4.72 Å². The Bertz CT molecular complexity index is 568. The van der Waals surface area contributed by atoms with Gasteiger partial charge in [-0.15, -0.1) is 0 Å². The summed E-state index contributed by atoms with van der Waals surface area (Å²) in [4.78, 5) is 11.2. The van der Waals surface area contributed by atoms with Crippen LogP contribution < -0.4 is 4.72 Å². The zero-order valence-corrected chi connectivity index (χ0v) is 11.5. The molecule has 0 amide bonds. The quantitative estimate of drug-likeness (QED) is 0.792. The molecule has 0 saturated heterocycles. The predicted octanol–water partition coefficient (Wildman–Crippen LogP) is 1.08. The number of rotatable bonds is 5. The first-order valence-corrected chi connectivity index (χ1v) is 7.63. The van der Waals surface area contributed by atoms with E-state index < -0.39 is 15.6 Å². The third kappa shape index (κ3) is 2.86. The standard InChI is InChI=1S/C13H17NO4S/c1-10(16)11-3-5-12(6-4-11)19(17,18)14-13(9-15)7-2-8-13/h3-6,14-15H,2,7-9H2,1H3. The van der Waals surface area contributed by atoms with Gasteiger partial charge in [-0.2, -0.15) is 0 Å². The Morgan fingerprint density at radius 3 is 2.26 bits per heavy atom. The van der Waals surface area contributed by atoms with Crippen molar-refractivity contribution in [2.75, 3.05) is 6.61 Å². The largest absolute Gasteiger partial charge is 0.394 e. The minimum Gasteiger partial charge on any atom is -0.394 e. The summed E-state index contributed by atoms with van der Waals surface area (Å²) < 4.78 is 26.9. The van der Waals surface area contributed by atoms with Crippen LogP contribution in [-0.2, 0) is 10.0 Å². The number of carbonyl (C=O) groups is 1. The number of nitrogens with one attached hydrogen (secondary N) is 1. The molecule has 2 N–H and O–H groups in total. The van der Waals surface area contributed by atoms with Crippen LogP contribution in [0, 0.1) is 0 Å². The molecule has 0 radical (unpaired) electrons. The summed E-state index contributed by atoms with van der Waals surface area (Å²) in [5.74, 6) is -0.109. The second kappa shape index (κ2) is 5.03. The maximum Gasteiger partial charge on any atom is 0.241 e. The highest BCUT2D eigenvalue weighted by molar-refractivity contribution is 7.89. The summed E-state index contributed by atoms with van der Waals surface area (Å²) in [5.41, 5.74) is -0.239. The molecule has 5 nitrogen and oxygen atoms in total. The smallest absolute Gasteiger partial charge is 0.241 e. The molecular formula is C13H17NO4S. The summed E-state index contributed by atoms with van der Waals surface area (Å²) >= 11 is 0. The molecule has 2 rings (SSSR count). The summed E-state index contributed by atoms with van der Waals surface area (Å²) in [6.07, 6.45) is 2.20. The van der Waals surface area contributed by atoms with Crippen LogP contribution in [0.1, 0.15) is 36.5 Å². The Hall–Kier alpha value is -1.24. The normalized spacial score (nSPS) is 17.8. The van der Waals surface area contributed by atoms with Crippen molar-refractivity contribution in [3.05, 3.63) is 29.8 Å². The Morgan fingerprint density at radius 1 is 1.32 bits per heavy atom. The van der Waals surface area contributed by atoms with Gasteiger partial charge in [0.05, 0.1) is 17.0 Å². The summed E-state index contributed by atoms with van der Waals surface area (Å²) in [5, 5.41) is 9.29. The summed E-state index contributed by atoms with van der Waals surface area (Å²) in [7, 11) is -3.65. The summed E-state index contributed by atoms with van der Waals surface area (Å²) in [6.45, 7) is 1.23. The second-order valence-electron chi connectivity index (χ2n) is 4.98. The van der Waals surface area contributed by atoms with Gasteiger partial charge in [-0.1, -0.05) is 12.1 Å². The molecule has 1 aliphatic carbocycles. The molecule has 0 bridgehead atoms. The summed E-state index contributed by atoms with van der Waals surface area (Å²) in [6, 6.07) is 5.79. The lowest BCUT2D eigenvalue weighted by molar-refractivity contribution is 0.101. The Morgan fingerprint density at radius 2 is 1.89 bits per heavy atom. The van der Waals surface area contributed by atoms with Crippen LogP contribution in [0.25, 0.3) is 0 Å². The molecule has 104 valence electrons. The van der Waals surface area contributed by atoms with Crippen LogP contribution >= 0.6 is 0 Å². The first-order chi connectivity index (χ1) is 8.88. The van der Waals surface area contributed by atoms with Gasteiger partial charge in [0.15, 0.2) is 5.78 Å². The first-order valence-electron chi connectivity index (χ1n) is 6.14. The number of aliphatic hydroxyl groups excluding tert-OH is 1. The van der Waals surface area contributed by atoms with E-state index in [-0.39, 0.29) is 17.3 Å². The average Bonchev–Trinajstić information content (AvgIpc) is 2.34. The molecule has 1 fully saturated rings. The Balaban J connectivity index is 2.22. The van der Waals surface area contributed by atoms with E-state index >= 15 is 0 Å². The van der Waals surface area contributed by atoms with Crippen molar-refractivity contribution in [3.63, 3.8) is 0 Å². The number of ketones is 1. The van der Waals surface area contributed by atoms with Gasteiger partial charge in [-0.25, -0.2) is 13.1 Å². The third-order valence-electron chi connectivity index (χ3n) is 3.54. The van der Waals surface area contributed by atoms with Crippen molar-refractivity contribution < 1.29 is 18.3 Å². The number of carbonyl (C=O) groups excluding carboxylic acids is 1. The zero-order chi connectivity index (χ0) is 14.1. The lowest BCUT2D eigenvalue weighted by Crippen LogP contribution is -2.55. The van der Waals surface area contributed by atoms with Crippen molar-refractivity contribution in [2.45, 2.75) is 36.6 Å². The van der Waals surface area contributed by atoms with Crippen LogP contribution in [-0.4, -0.2) is 31.5 Å². The molecule has 0 aliphatic heterocycles. The van der Waals surface area contributed by atoms with Crippen molar-refractivity contribution in [2.24, 2.45) is 0 Å².